The van der Waals surface area contributed by atoms with Crippen LogP contribution in [0.4, 0.5) is 5.82 Å². The van der Waals surface area contributed by atoms with Crippen molar-refractivity contribution in [3.63, 3.8) is 0 Å². The van der Waals surface area contributed by atoms with Crippen LogP contribution in [0, 0.1) is 6.92 Å². The summed E-state index contributed by atoms with van der Waals surface area (Å²) < 4.78 is 1.48. The van der Waals surface area contributed by atoms with Gasteiger partial charge < -0.3 is 0 Å². The minimum Gasteiger partial charge on any atom is -0.295 e. The summed E-state index contributed by atoms with van der Waals surface area (Å²) in [5.74, 6) is 0.937. The first-order valence-corrected chi connectivity index (χ1v) is 9.29. The maximum atomic E-state index is 12.8. The van der Waals surface area contributed by atoms with Crippen LogP contribution in [0.25, 0.3) is 5.69 Å². The second-order valence-corrected chi connectivity index (χ2v) is 6.36. The fourth-order valence-electron chi connectivity index (χ4n) is 2.81. The van der Waals surface area contributed by atoms with Crippen molar-refractivity contribution in [2.24, 2.45) is 10.1 Å². The Balaban J connectivity index is 1.63. The van der Waals surface area contributed by atoms with E-state index in [0.717, 1.165) is 5.69 Å². The molecule has 8 nitrogen and oxygen atoms in total. The average Bonchev–Trinajstić information content (AvgIpc) is 3.08. The molecule has 0 saturated heterocycles. The second kappa shape index (κ2) is 8.78. The molecular formula is C22H19N7O. The average molecular weight is 397 g/mol. The fourth-order valence-corrected chi connectivity index (χ4v) is 2.81. The number of amidine groups is 1. The highest BCUT2D eigenvalue weighted by molar-refractivity contribution is 5.98. The van der Waals surface area contributed by atoms with E-state index in [1.54, 1.807) is 18.5 Å². The molecule has 2 N–H and O–H groups in total. The Morgan fingerprint density at radius 1 is 1.00 bits per heavy atom. The lowest BCUT2D eigenvalue weighted by Gasteiger charge is -2.04. The van der Waals surface area contributed by atoms with E-state index in [2.05, 4.69) is 30.6 Å². The molecule has 0 bridgehead atoms. The summed E-state index contributed by atoms with van der Waals surface area (Å²) in [5, 5.41) is 7.31. The fraction of sp³-hybridized carbons (Fsp3) is 0.0455. The number of aromatic amines is 1. The van der Waals surface area contributed by atoms with Gasteiger partial charge in [-0.1, -0.05) is 30.3 Å². The van der Waals surface area contributed by atoms with Gasteiger partial charge in [-0.2, -0.15) is 5.10 Å². The molecule has 0 aliphatic carbocycles. The normalized spacial score (nSPS) is 11.7. The minimum atomic E-state index is -0.190. The van der Waals surface area contributed by atoms with E-state index in [9.17, 15) is 4.79 Å². The van der Waals surface area contributed by atoms with Gasteiger partial charge in [0, 0.05) is 18.1 Å². The van der Waals surface area contributed by atoms with Gasteiger partial charge in [-0.3, -0.25) is 20.3 Å². The predicted octanol–water partition coefficient (Wildman–Crippen LogP) is 2.97. The molecule has 4 aromatic rings. The molecule has 0 unspecified atom stereocenters. The van der Waals surface area contributed by atoms with Crippen molar-refractivity contribution in [1.29, 1.82) is 0 Å². The SMILES string of the molecule is Cc1[nH]n(-c2ccccc2)c(=O)c1/C=N/N/C(=N/c1ccccn1)c1ccccn1. The molecule has 8 heteroatoms. The maximum absolute atomic E-state index is 12.8. The van der Waals surface area contributed by atoms with E-state index in [1.807, 2.05) is 67.6 Å². The quantitative estimate of drug-likeness (QED) is 0.307. The molecule has 3 heterocycles. The summed E-state index contributed by atoms with van der Waals surface area (Å²) in [7, 11) is 0. The molecule has 4 rings (SSSR count). The van der Waals surface area contributed by atoms with Crippen molar-refractivity contribution < 1.29 is 0 Å². The molecule has 0 spiro atoms. The van der Waals surface area contributed by atoms with Crippen LogP contribution in [0.3, 0.4) is 0 Å². The molecule has 1 aromatic carbocycles. The van der Waals surface area contributed by atoms with Crippen LogP contribution in [-0.2, 0) is 0 Å². The Hall–Kier alpha value is -4.33. The third kappa shape index (κ3) is 4.22. The number of hydrazone groups is 1. The van der Waals surface area contributed by atoms with E-state index in [0.29, 0.717) is 28.6 Å². The van der Waals surface area contributed by atoms with Crippen LogP contribution in [0.1, 0.15) is 17.0 Å². The van der Waals surface area contributed by atoms with Crippen molar-refractivity contribution in [3.8, 4) is 5.69 Å². The molecule has 0 fully saturated rings. The molecule has 0 saturated carbocycles. The highest BCUT2D eigenvalue weighted by Crippen LogP contribution is 2.08. The van der Waals surface area contributed by atoms with E-state index in [1.165, 1.54) is 10.9 Å². The minimum absolute atomic E-state index is 0.190. The number of aromatic nitrogens is 4. The van der Waals surface area contributed by atoms with Crippen molar-refractivity contribution in [1.82, 2.24) is 25.2 Å². The number of hydrogen-bond donors (Lipinski definition) is 2. The van der Waals surface area contributed by atoms with Gasteiger partial charge in [-0.05, 0) is 43.3 Å². The lowest BCUT2D eigenvalue weighted by molar-refractivity contribution is 0.835. The first-order chi connectivity index (χ1) is 14.7. The van der Waals surface area contributed by atoms with Crippen LogP contribution in [0.15, 0.2) is 94.0 Å². The number of benzene rings is 1. The number of aliphatic imine (C=N–C) groups is 1. The van der Waals surface area contributed by atoms with E-state index >= 15 is 0 Å². The molecule has 148 valence electrons. The van der Waals surface area contributed by atoms with Gasteiger partial charge in [0.2, 0.25) is 0 Å². The van der Waals surface area contributed by atoms with Gasteiger partial charge in [0.25, 0.3) is 5.56 Å². The highest BCUT2D eigenvalue weighted by atomic mass is 16.1. The number of nitrogens with zero attached hydrogens (tertiary/aromatic N) is 5. The standard InChI is InChI=1S/C22H19N7O/c1-16-18(22(30)29(28-16)17-9-3-2-4-10-17)15-25-27-21(19-11-5-7-13-23-19)26-20-12-6-8-14-24-20/h2-15,28H,1H3,(H,24,26,27)/b25-15+. The van der Waals surface area contributed by atoms with Gasteiger partial charge >= 0.3 is 0 Å². The lowest BCUT2D eigenvalue weighted by Crippen LogP contribution is -2.21. The van der Waals surface area contributed by atoms with Crippen LogP contribution in [-0.4, -0.2) is 31.8 Å². The number of H-pyrrole nitrogens is 1. The molecule has 3 aromatic heterocycles. The molecule has 0 amide bonds. The number of nitrogens with one attached hydrogen (secondary N) is 2. The molecule has 0 radical (unpaired) electrons. The van der Waals surface area contributed by atoms with Gasteiger partial charge in [-0.15, -0.1) is 0 Å². The summed E-state index contributed by atoms with van der Waals surface area (Å²) >= 11 is 0. The van der Waals surface area contributed by atoms with Gasteiger partial charge in [0.1, 0.15) is 5.69 Å². The molecule has 0 aliphatic heterocycles. The summed E-state index contributed by atoms with van der Waals surface area (Å²) in [5.41, 5.74) is 5.21. The van der Waals surface area contributed by atoms with Gasteiger partial charge in [0.05, 0.1) is 17.5 Å². The third-order valence-corrected chi connectivity index (χ3v) is 4.28. The van der Waals surface area contributed by atoms with Crippen LogP contribution in [0.5, 0.6) is 0 Å². The Labute approximate surface area is 172 Å². The third-order valence-electron chi connectivity index (χ3n) is 4.28. The van der Waals surface area contributed by atoms with Crippen molar-refractivity contribution in [2.45, 2.75) is 6.92 Å². The van der Waals surface area contributed by atoms with E-state index < -0.39 is 0 Å². The Morgan fingerprint density at radius 3 is 2.43 bits per heavy atom. The van der Waals surface area contributed by atoms with Crippen molar-refractivity contribution in [2.75, 3.05) is 0 Å². The zero-order valence-corrected chi connectivity index (χ0v) is 16.2. The monoisotopic (exact) mass is 397 g/mol. The largest absolute Gasteiger partial charge is 0.295 e. The number of rotatable bonds is 5. The van der Waals surface area contributed by atoms with E-state index in [4.69, 9.17) is 0 Å². The van der Waals surface area contributed by atoms with Crippen molar-refractivity contribution in [3.05, 3.63) is 106 Å². The first kappa shape index (κ1) is 19.0. The number of pyridine rings is 2. The topological polar surface area (TPSA) is 100 Å². The Bertz CT molecular complexity index is 1230. The van der Waals surface area contributed by atoms with Crippen LogP contribution >= 0.6 is 0 Å². The maximum Gasteiger partial charge on any atom is 0.280 e. The molecule has 0 aliphatic rings. The van der Waals surface area contributed by atoms with Gasteiger partial charge in [0.15, 0.2) is 11.7 Å². The van der Waals surface area contributed by atoms with Crippen molar-refractivity contribution >= 4 is 17.9 Å². The Morgan fingerprint density at radius 2 is 1.73 bits per heavy atom. The summed E-state index contributed by atoms with van der Waals surface area (Å²) in [6, 6.07) is 20.3. The van der Waals surface area contributed by atoms with Crippen LogP contribution in [0.2, 0.25) is 0 Å². The summed E-state index contributed by atoms with van der Waals surface area (Å²) in [6.07, 6.45) is 4.81. The zero-order valence-electron chi connectivity index (χ0n) is 16.2. The highest BCUT2D eigenvalue weighted by Gasteiger charge is 2.11. The Kier molecular flexibility index (Phi) is 5.56. The van der Waals surface area contributed by atoms with Crippen LogP contribution < -0.4 is 11.0 Å². The predicted molar refractivity (Wildman–Crippen MR) is 117 cm³/mol. The van der Waals surface area contributed by atoms with Gasteiger partial charge in [-0.25, -0.2) is 14.7 Å². The molecular weight excluding hydrogens is 378 g/mol. The first-order valence-electron chi connectivity index (χ1n) is 9.29. The molecule has 0 atom stereocenters. The lowest BCUT2D eigenvalue weighted by atomic mass is 10.3. The van der Waals surface area contributed by atoms with E-state index in [-0.39, 0.29) is 5.56 Å². The second-order valence-electron chi connectivity index (χ2n) is 6.36. The number of aryl methyl sites for hydroxylation is 1. The zero-order chi connectivity index (χ0) is 20.8. The number of para-hydroxylation sites is 1. The smallest absolute Gasteiger partial charge is 0.280 e. The molecule has 30 heavy (non-hydrogen) atoms. The number of hydrogen-bond acceptors (Lipinski definition) is 5. The summed E-state index contributed by atoms with van der Waals surface area (Å²) in [4.78, 5) is 25.8. The summed E-state index contributed by atoms with van der Waals surface area (Å²) in [6.45, 7) is 1.82.